The first-order chi connectivity index (χ1) is 7.00. The number of hydrogen-bond acceptors (Lipinski definition) is 2. The van der Waals surface area contributed by atoms with Crippen molar-refractivity contribution < 1.29 is 9.49 Å². The van der Waals surface area contributed by atoms with E-state index in [1.165, 1.54) is 0 Å². The van der Waals surface area contributed by atoms with Gasteiger partial charge in [-0.15, -0.1) is 0 Å². The van der Waals surface area contributed by atoms with Gasteiger partial charge in [-0.05, 0) is 13.0 Å². The molecule has 5 nitrogen and oxygen atoms in total. The molecule has 0 saturated heterocycles. The van der Waals surface area contributed by atoms with Crippen LogP contribution in [0.4, 0.5) is 5.69 Å². The van der Waals surface area contributed by atoms with Crippen LogP contribution in [-0.4, -0.2) is 9.49 Å². The summed E-state index contributed by atoms with van der Waals surface area (Å²) in [6, 6.07) is 3.46. The Balaban J connectivity index is 2.85. The van der Waals surface area contributed by atoms with E-state index < -0.39 is 0 Å². The molecule has 0 fully saturated rings. The van der Waals surface area contributed by atoms with E-state index >= 15 is 0 Å². The molecule has 5 heteroatoms. The van der Waals surface area contributed by atoms with Gasteiger partial charge >= 0.3 is 0 Å². The zero-order valence-electron chi connectivity index (χ0n) is 8.89. The van der Waals surface area contributed by atoms with Gasteiger partial charge in [0, 0.05) is 5.56 Å². The first-order valence-corrected chi connectivity index (χ1v) is 4.60. The van der Waals surface area contributed by atoms with Crippen molar-refractivity contribution in [3.8, 4) is 0 Å². The van der Waals surface area contributed by atoms with Gasteiger partial charge in [-0.3, -0.25) is 10.1 Å². The lowest BCUT2D eigenvalue weighted by Gasteiger charge is -1.95. The maximum Gasteiger partial charge on any atom is 0.276 e. The number of imidazole rings is 1. The number of nitro benzene ring substituents is 1. The van der Waals surface area contributed by atoms with E-state index in [9.17, 15) is 10.1 Å². The number of fused-ring (bicyclic) bond motifs is 1. The second-order valence-electron chi connectivity index (χ2n) is 3.72. The van der Waals surface area contributed by atoms with Gasteiger partial charge in [0.2, 0.25) is 6.33 Å². The fraction of sp³-hybridized carbons (Fsp3) is 0.300. The molecular formula is C10H12N3O2+. The van der Waals surface area contributed by atoms with E-state index in [1.807, 2.05) is 35.6 Å². The molecule has 0 radical (unpaired) electrons. The molecule has 0 aliphatic rings. The lowest BCUT2D eigenvalue weighted by atomic mass is 10.2. The molecule has 0 spiro atoms. The molecule has 0 amide bonds. The van der Waals surface area contributed by atoms with E-state index in [4.69, 9.17) is 0 Å². The summed E-state index contributed by atoms with van der Waals surface area (Å²) in [7, 11) is 3.80. The first kappa shape index (κ1) is 9.64. The standard InChI is InChI=1S/C10H12N3O2/c1-7-4-9-10(5-8(7)13(14)15)12(3)6-11(9)2/h4-6H,1-3H3/q+1. The van der Waals surface area contributed by atoms with Crippen molar-refractivity contribution in [1.82, 2.24) is 4.57 Å². The Hall–Kier alpha value is -1.91. The summed E-state index contributed by atoms with van der Waals surface area (Å²) in [5.41, 5.74) is 2.73. The van der Waals surface area contributed by atoms with Gasteiger partial charge < -0.3 is 0 Å². The third-order valence-corrected chi connectivity index (χ3v) is 2.60. The zero-order valence-corrected chi connectivity index (χ0v) is 8.89. The van der Waals surface area contributed by atoms with Gasteiger partial charge in [-0.25, -0.2) is 9.13 Å². The Kier molecular flexibility index (Phi) is 1.96. The fourth-order valence-electron chi connectivity index (χ4n) is 1.82. The van der Waals surface area contributed by atoms with Gasteiger partial charge in [0.25, 0.3) is 5.69 Å². The summed E-state index contributed by atoms with van der Waals surface area (Å²) in [5.74, 6) is 0. The monoisotopic (exact) mass is 206 g/mol. The molecule has 0 unspecified atom stereocenters. The molecule has 15 heavy (non-hydrogen) atoms. The summed E-state index contributed by atoms with van der Waals surface area (Å²) in [6.45, 7) is 1.75. The molecule has 0 saturated carbocycles. The minimum Gasteiger partial charge on any atom is -0.258 e. The van der Waals surface area contributed by atoms with Crippen LogP contribution in [-0.2, 0) is 14.1 Å². The Bertz CT molecular complexity index is 557. The van der Waals surface area contributed by atoms with E-state index in [2.05, 4.69) is 0 Å². The molecule has 2 aromatic rings. The minimum absolute atomic E-state index is 0.171. The summed E-state index contributed by atoms with van der Waals surface area (Å²) >= 11 is 0. The molecule has 0 N–H and O–H groups in total. The number of rotatable bonds is 1. The van der Waals surface area contributed by atoms with Gasteiger partial charge in [-0.1, -0.05) is 0 Å². The van der Waals surface area contributed by atoms with Crippen LogP contribution in [0.25, 0.3) is 11.0 Å². The number of nitrogens with zero attached hydrogens (tertiary/aromatic N) is 3. The number of hydrogen-bond donors (Lipinski definition) is 0. The van der Waals surface area contributed by atoms with Crippen LogP contribution in [0.5, 0.6) is 0 Å². The molecule has 0 aliphatic carbocycles. The number of aromatic nitrogens is 2. The lowest BCUT2D eigenvalue weighted by Crippen LogP contribution is -2.25. The third kappa shape index (κ3) is 1.36. The molecule has 1 aromatic heterocycles. The second-order valence-corrected chi connectivity index (χ2v) is 3.72. The van der Waals surface area contributed by atoms with Crippen molar-refractivity contribution in [2.45, 2.75) is 6.92 Å². The summed E-state index contributed by atoms with van der Waals surface area (Å²) in [6.07, 6.45) is 1.90. The van der Waals surface area contributed by atoms with Gasteiger partial charge in [-0.2, -0.15) is 0 Å². The summed E-state index contributed by atoms with van der Waals surface area (Å²) in [5, 5.41) is 10.8. The Morgan fingerprint density at radius 2 is 2.13 bits per heavy atom. The van der Waals surface area contributed by atoms with Crippen molar-refractivity contribution in [1.29, 1.82) is 0 Å². The zero-order chi connectivity index (χ0) is 11.2. The minimum atomic E-state index is -0.345. The lowest BCUT2D eigenvalue weighted by molar-refractivity contribution is -0.645. The molecular weight excluding hydrogens is 194 g/mol. The Labute approximate surface area is 86.7 Å². The van der Waals surface area contributed by atoms with Gasteiger partial charge in [0.05, 0.1) is 25.1 Å². The quantitative estimate of drug-likeness (QED) is 0.400. The molecule has 1 heterocycles. The van der Waals surface area contributed by atoms with Crippen LogP contribution >= 0.6 is 0 Å². The number of aryl methyl sites for hydroxylation is 3. The topological polar surface area (TPSA) is 52.0 Å². The fourth-order valence-corrected chi connectivity index (χ4v) is 1.82. The van der Waals surface area contributed by atoms with E-state index in [0.717, 1.165) is 11.0 Å². The van der Waals surface area contributed by atoms with Crippen LogP contribution < -0.4 is 4.57 Å². The SMILES string of the molecule is Cc1cc2c(cc1[N+](=O)[O-])n(C)c[n+]2C. The second kappa shape index (κ2) is 3.05. The number of benzene rings is 1. The largest absolute Gasteiger partial charge is 0.276 e. The normalized spacial score (nSPS) is 10.9. The Morgan fingerprint density at radius 1 is 1.47 bits per heavy atom. The average molecular weight is 206 g/mol. The van der Waals surface area contributed by atoms with Gasteiger partial charge in [0.15, 0.2) is 11.0 Å². The van der Waals surface area contributed by atoms with Crippen molar-refractivity contribution in [3.63, 3.8) is 0 Å². The average Bonchev–Trinajstić information content (AvgIpc) is 2.41. The van der Waals surface area contributed by atoms with Crippen molar-refractivity contribution >= 4 is 16.7 Å². The van der Waals surface area contributed by atoms with E-state index in [-0.39, 0.29) is 10.6 Å². The van der Waals surface area contributed by atoms with Crippen molar-refractivity contribution in [2.75, 3.05) is 0 Å². The summed E-state index contributed by atoms with van der Waals surface area (Å²) in [4.78, 5) is 10.4. The van der Waals surface area contributed by atoms with Crippen LogP contribution in [0.3, 0.4) is 0 Å². The molecule has 78 valence electrons. The third-order valence-electron chi connectivity index (χ3n) is 2.60. The van der Waals surface area contributed by atoms with Gasteiger partial charge in [0.1, 0.15) is 0 Å². The predicted molar refractivity (Wildman–Crippen MR) is 55.5 cm³/mol. The van der Waals surface area contributed by atoms with Crippen molar-refractivity contribution in [3.05, 3.63) is 34.1 Å². The highest BCUT2D eigenvalue weighted by Gasteiger charge is 2.18. The van der Waals surface area contributed by atoms with Crippen molar-refractivity contribution in [2.24, 2.45) is 14.1 Å². The molecule has 1 aromatic carbocycles. The maximum absolute atomic E-state index is 10.8. The highest BCUT2D eigenvalue weighted by atomic mass is 16.6. The van der Waals surface area contributed by atoms with Crippen LogP contribution in [0, 0.1) is 17.0 Å². The predicted octanol–water partition coefficient (Wildman–Crippen LogP) is 1.22. The highest BCUT2D eigenvalue weighted by Crippen LogP contribution is 2.23. The van der Waals surface area contributed by atoms with E-state index in [0.29, 0.717) is 5.56 Å². The molecule has 0 aliphatic heterocycles. The van der Waals surface area contributed by atoms with Crippen LogP contribution in [0.15, 0.2) is 18.5 Å². The summed E-state index contributed by atoms with van der Waals surface area (Å²) < 4.78 is 3.83. The molecule has 2 rings (SSSR count). The molecule has 0 atom stereocenters. The van der Waals surface area contributed by atoms with E-state index in [1.54, 1.807) is 13.0 Å². The number of nitro groups is 1. The Morgan fingerprint density at radius 3 is 2.73 bits per heavy atom. The van der Waals surface area contributed by atoms with Crippen LogP contribution in [0.2, 0.25) is 0 Å². The smallest absolute Gasteiger partial charge is 0.258 e. The van der Waals surface area contributed by atoms with Crippen LogP contribution in [0.1, 0.15) is 5.56 Å². The maximum atomic E-state index is 10.8. The highest BCUT2D eigenvalue weighted by molar-refractivity contribution is 5.76. The first-order valence-electron chi connectivity index (χ1n) is 4.60. The molecule has 0 bridgehead atoms.